The number of rotatable bonds is 4. The van der Waals surface area contributed by atoms with E-state index in [1.54, 1.807) is 0 Å². The second-order valence-corrected chi connectivity index (χ2v) is 5.45. The van der Waals surface area contributed by atoms with Gasteiger partial charge in [0, 0.05) is 24.2 Å². The fourth-order valence-electron chi connectivity index (χ4n) is 2.75. The number of benzene rings is 2. The van der Waals surface area contributed by atoms with E-state index in [0.29, 0.717) is 6.04 Å². The largest absolute Gasteiger partial charge is 0.306 e. The van der Waals surface area contributed by atoms with Crippen LogP contribution in [0.4, 0.5) is 0 Å². The Balaban J connectivity index is 1.79. The van der Waals surface area contributed by atoms with Crippen molar-refractivity contribution < 1.29 is 0 Å². The summed E-state index contributed by atoms with van der Waals surface area (Å²) < 4.78 is 0. The average Bonchev–Trinajstić information content (AvgIpc) is 2.53. The van der Waals surface area contributed by atoms with E-state index >= 15 is 0 Å². The van der Waals surface area contributed by atoms with Gasteiger partial charge in [-0.25, -0.2) is 0 Å². The highest BCUT2D eigenvalue weighted by molar-refractivity contribution is 5.81. The van der Waals surface area contributed by atoms with E-state index in [2.05, 4.69) is 72.7 Å². The monoisotopic (exact) mass is 276 g/mol. The van der Waals surface area contributed by atoms with Crippen molar-refractivity contribution >= 4 is 10.9 Å². The number of hydrogen-bond donors (Lipinski definition) is 1. The molecule has 0 spiro atoms. The standard InChI is InChI=1S/C19H20N2/c1-14-7-3-4-8-17(14)15(2)21-13-16-11-12-20-19-10-6-5-9-18(16)19/h3-12,15,21H,13H2,1-2H3/t15-/m1/s1. The fraction of sp³-hybridized carbons (Fsp3) is 0.211. The smallest absolute Gasteiger partial charge is 0.0705 e. The van der Waals surface area contributed by atoms with Crippen LogP contribution in [-0.4, -0.2) is 4.98 Å². The highest BCUT2D eigenvalue weighted by Crippen LogP contribution is 2.20. The minimum absolute atomic E-state index is 0.332. The summed E-state index contributed by atoms with van der Waals surface area (Å²) in [7, 11) is 0. The van der Waals surface area contributed by atoms with Crippen LogP contribution >= 0.6 is 0 Å². The number of nitrogens with zero attached hydrogens (tertiary/aromatic N) is 1. The van der Waals surface area contributed by atoms with Crippen molar-refractivity contribution in [2.24, 2.45) is 0 Å². The number of para-hydroxylation sites is 1. The Bertz CT molecular complexity index is 744. The topological polar surface area (TPSA) is 24.9 Å². The van der Waals surface area contributed by atoms with Gasteiger partial charge in [0.25, 0.3) is 0 Å². The summed E-state index contributed by atoms with van der Waals surface area (Å²) in [6.07, 6.45) is 1.89. The van der Waals surface area contributed by atoms with E-state index < -0.39 is 0 Å². The van der Waals surface area contributed by atoms with Crippen LogP contribution in [0.15, 0.2) is 60.8 Å². The zero-order valence-electron chi connectivity index (χ0n) is 12.5. The van der Waals surface area contributed by atoms with Crippen molar-refractivity contribution in [1.29, 1.82) is 0 Å². The molecule has 0 aliphatic carbocycles. The van der Waals surface area contributed by atoms with Gasteiger partial charge in [-0.1, -0.05) is 42.5 Å². The number of aromatic nitrogens is 1. The second kappa shape index (κ2) is 6.06. The van der Waals surface area contributed by atoms with Crippen LogP contribution in [0.3, 0.4) is 0 Å². The molecule has 0 unspecified atom stereocenters. The first kappa shape index (κ1) is 13.8. The molecule has 0 saturated heterocycles. The molecule has 0 bridgehead atoms. The van der Waals surface area contributed by atoms with E-state index in [1.807, 2.05) is 12.3 Å². The van der Waals surface area contributed by atoms with Gasteiger partial charge in [-0.3, -0.25) is 4.98 Å². The summed E-state index contributed by atoms with van der Waals surface area (Å²) in [6, 6.07) is 19.3. The molecule has 0 saturated carbocycles. The quantitative estimate of drug-likeness (QED) is 0.764. The van der Waals surface area contributed by atoms with E-state index in [-0.39, 0.29) is 0 Å². The van der Waals surface area contributed by atoms with Crippen LogP contribution in [0.1, 0.15) is 29.7 Å². The minimum atomic E-state index is 0.332. The minimum Gasteiger partial charge on any atom is -0.306 e. The zero-order valence-corrected chi connectivity index (χ0v) is 12.5. The molecule has 0 aliphatic rings. The molecular weight excluding hydrogens is 256 g/mol. The lowest BCUT2D eigenvalue weighted by Gasteiger charge is -2.17. The Morgan fingerprint density at radius 2 is 1.76 bits per heavy atom. The molecule has 3 rings (SSSR count). The summed E-state index contributed by atoms with van der Waals surface area (Å²) in [5, 5.41) is 4.85. The summed E-state index contributed by atoms with van der Waals surface area (Å²) in [4.78, 5) is 4.41. The molecule has 21 heavy (non-hydrogen) atoms. The van der Waals surface area contributed by atoms with Crippen LogP contribution in [0.2, 0.25) is 0 Å². The lowest BCUT2D eigenvalue weighted by atomic mass is 10.0. The van der Waals surface area contributed by atoms with E-state index in [9.17, 15) is 0 Å². The van der Waals surface area contributed by atoms with Crippen LogP contribution in [0.25, 0.3) is 10.9 Å². The van der Waals surface area contributed by atoms with Gasteiger partial charge in [0.2, 0.25) is 0 Å². The second-order valence-electron chi connectivity index (χ2n) is 5.45. The predicted molar refractivity (Wildman–Crippen MR) is 88.2 cm³/mol. The van der Waals surface area contributed by atoms with Crippen LogP contribution < -0.4 is 5.32 Å². The first-order valence-electron chi connectivity index (χ1n) is 7.37. The maximum Gasteiger partial charge on any atom is 0.0705 e. The average molecular weight is 276 g/mol. The van der Waals surface area contributed by atoms with Gasteiger partial charge in [0.05, 0.1) is 5.52 Å². The van der Waals surface area contributed by atoms with Gasteiger partial charge < -0.3 is 5.32 Å². The number of fused-ring (bicyclic) bond motifs is 1. The van der Waals surface area contributed by atoms with Crippen molar-refractivity contribution in [2.45, 2.75) is 26.4 Å². The van der Waals surface area contributed by atoms with Gasteiger partial charge in [0.1, 0.15) is 0 Å². The Morgan fingerprint density at radius 1 is 1.00 bits per heavy atom. The third kappa shape index (κ3) is 2.96. The highest BCUT2D eigenvalue weighted by atomic mass is 14.9. The Labute approximate surface area is 125 Å². The van der Waals surface area contributed by atoms with Crippen molar-refractivity contribution in [3.05, 3.63) is 77.5 Å². The molecule has 1 heterocycles. The van der Waals surface area contributed by atoms with Gasteiger partial charge in [-0.15, -0.1) is 0 Å². The van der Waals surface area contributed by atoms with Gasteiger partial charge in [-0.2, -0.15) is 0 Å². The molecule has 2 nitrogen and oxygen atoms in total. The fourth-order valence-corrected chi connectivity index (χ4v) is 2.75. The molecule has 0 radical (unpaired) electrons. The summed E-state index contributed by atoms with van der Waals surface area (Å²) in [6.45, 7) is 5.22. The van der Waals surface area contributed by atoms with Crippen molar-refractivity contribution in [2.75, 3.05) is 0 Å². The Hall–Kier alpha value is -2.19. The SMILES string of the molecule is Cc1ccccc1[C@@H](C)NCc1ccnc2ccccc12. The van der Waals surface area contributed by atoms with Crippen LogP contribution in [0, 0.1) is 6.92 Å². The molecule has 3 aromatic rings. The molecule has 106 valence electrons. The van der Waals surface area contributed by atoms with Crippen molar-refractivity contribution in [3.63, 3.8) is 0 Å². The normalized spacial score (nSPS) is 12.5. The van der Waals surface area contributed by atoms with E-state index in [0.717, 1.165) is 12.1 Å². The lowest BCUT2D eigenvalue weighted by Crippen LogP contribution is -2.19. The van der Waals surface area contributed by atoms with Gasteiger partial charge in [-0.05, 0) is 42.7 Å². The molecule has 0 amide bonds. The molecule has 2 aromatic carbocycles. The molecule has 0 fully saturated rings. The zero-order chi connectivity index (χ0) is 14.7. The maximum absolute atomic E-state index is 4.41. The number of pyridine rings is 1. The lowest BCUT2D eigenvalue weighted by molar-refractivity contribution is 0.574. The molecule has 1 atom stereocenters. The third-order valence-electron chi connectivity index (χ3n) is 3.99. The first-order chi connectivity index (χ1) is 10.3. The summed E-state index contributed by atoms with van der Waals surface area (Å²) >= 11 is 0. The van der Waals surface area contributed by atoms with Gasteiger partial charge >= 0.3 is 0 Å². The summed E-state index contributed by atoms with van der Waals surface area (Å²) in [5.74, 6) is 0. The number of hydrogen-bond acceptors (Lipinski definition) is 2. The van der Waals surface area contributed by atoms with Crippen LogP contribution in [-0.2, 0) is 6.54 Å². The molecule has 1 aromatic heterocycles. The number of aryl methyl sites for hydroxylation is 1. The van der Waals surface area contributed by atoms with Crippen LogP contribution in [0.5, 0.6) is 0 Å². The molecular formula is C19H20N2. The number of nitrogens with one attached hydrogen (secondary N) is 1. The summed E-state index contributed by atoms with van der Waals surface area (Å²) in [5.41, 5.74) is 5.04. The highest BCUT2D eigenvalue weighted by Gasteiger charge is 2.08. The van der Waals surface area contributed by atoms with E-state index in [1.165, 1.54) is 22.1 Å². The van der Waals surface area contributed by atoms with Crippen molar-refractivity contribution in [3.8, 4) is 0 Å². The van der Waals surface area contributed by atoms with Gasteiger partial charge in [0.15, 0.2) is 0 Å². The molecule has 1 N–H and O–H groups in total. The maximum atomic E-state index is 4.41. The predicted octanol–water partition coefficient (Wildman–Crippen LogP) is 4.39. The Kier molecular flexibility index (Phi) is 3.98. The Morgan fingerprint density at radius 3 is 2.62 bits per heavy atom. The first-order valence-corrected chi connectivity index (χ1v) is 7.37. The van der Waals surface area contributed by atoms with E-state index in [4.69, 9.17) is 0 Å². The van der Waals surface area contributed by atoms with Crippen molar-refractivity contribution in [1.82, 2.24) is 10.3 Å². The molecule has 2 heteroatoms. The molecule has 0 aliphatic heterocycles. The third-order valence-corrected chi connectivity index (χ3v) is 3.99.